The molecule has 2 aromatic carbocycles. The van der Waals surface area contributed by atoms with Crippen molar-refractivity contribution in [1.82, 2.24) is 14.5 Å². The summed E-state index contributed by atoms with van der Waals surface area (Å²) >= 11 is 0. The number of ether oxygens (including phenoxy) is 3. The third kappa shape index (κ3) is 3.73. The van der Waals surface area contributed by atoms with Crippen LogP contribution < -0.4 is 10.5 Å². The molecule has 0 saturated carbocycles. The van der Waals surface area contributed by atoms with E-state index in [1.807, 2.05) is 48.5 Å². The molecule has 0 radical (unpaired) electrons. The first kappa shape index (κ1) is 20.3. The Morgan fingerprint density at radius 3 is 2.59 bits per heavy atom. The SMILES string of the molecule is COc1ccc(Cn2c(N)c(C(=O)OCC3CCCO3)c3nc4ccccc4nc32)cc1. The van der Waals surface area contributed by atoms with Crippen molar-refractivity contribution in [2.45, 2.75) is 25.5 Å². The molecule has 0 spiro atoms. The molecule has 1 atom stereocenters. The van der Waals surface area contributed by atoms with Gasteiger partial charge >= 0.3 is 5.97 Å². The molecule has 3 heterocycles. The lowest BCUT2D eigenvalue weighted by Gasteiger charge is -2.11. The monoisotopic (exact) mass is 432 g/mol. The van der Waals surface area contributed by atoms with Crippen molar-refractivity contribution < 1.29 is 19.0 Å². The summed E-state index contributed by atoms with van der Waals surface area (Å²) < 4.78 is 18.2. The highest BCUT2D eigenvalue weighted by Gasteiger charge is 2.26. The van der Waals surface area contributed by atoms with Crippen molar-refractivity contribution in [2.24, 2.45) is 0 Å². The van der Waals surface area contributed by atoms with Gasteiger partial charge in [-0.05, 0) is 42.7 Å². The number of fused-ring (bicyclic) bond motifs is 2. The Kier molecular flexibility index (Phi) is 5.36. The van der Waals surface area contributed by atoms with Crippen molar-refractivity contribution in [1.29, 1.82) is 0 Å². The topological polar surface area (TPSA) is 101 Å². The molecule has 5 rings (SSSR count). The van der Waals surface area contributed by atoms with E-state index in [2.05, 4.69) is 0 Å². The predicted octanol–water partition coefficient (Wildman–Crippen LogP) is 3.56. The number of rotatable bonds is 6. The molecule has 164 valence electrons. The first-order valence-electron chi connectivity index (χ1n) is 10.6. The summed E-state index contributed by atoms with van der Waals surface area (Å²) in [6, 6.07) is 15.2. The van der Waals surface area contributed by atoms with Crippen LogP contribution in [0.3, 0.4) is 0 Å². The van der Waals surface area contributed by atoms with Gasteiger partial charge in [0.15, 0.2) is 5.65 Å². The molecule has 0 aliphatic carbocycles. The number of benzene rings is 2. The summed E-state index contributed by atoms with van der Waals surface area (Å²) in [5.74, 6) is 0.535. The number of nitrogens with zero attached hydrogens (tertiary/aromatic N) is 3. The largest absolute Gasteiger partial charge is 0.497 e. The number of hydrogen-bond acceptors (Lipinski definition) is 7. The van der Waals surface area contributed by atoms with Gasteiger partial charge < -0.3 is 24.5 Å². The van der Waals surface area contributed by atoms with Crippen molar-refractivity contribution in [2.75, 3.05) is 26.1 Å². The number of carbonyl (C=O) groups excluding carboxylic acids is 1. The molecular weight excluding hydrogens is 408 g/mol. The maximum absolute atomic E-state index is 13.1. The van der Waals surface area contributed by atoms with Crippen LogP contribution in [0.15, 0.2) is 48.5 Å². The van der Waals surface area contributed by atoms with Crippen LogP contribution in [0.2, 0.25) is 0 Å². The van der Waals surface area contributed by atoms with Crippen molar-refractivity contribution in [3.8, 4) is 5.75 Å². The lowest BCUT2D eigenvalue weighted by Crippen LogP contribution is -2.18. The standard InChI is InChI=1S/C24H24N4O4/c1-30-16-10-8-15(9-11-16)13-28-22(25)20(24(29)32-14-17-5-4-12-31-17)21-23(28)27-19-7-3-2-6-18(19)26-21/h2-3,6-11,17H,4-5,12-14,25H2,1H3. The van der Waals surface area contributed by atoms with Gasteiger partial charge in [-0.15, -0.1) is 0 Å². The summed E-state index contributed by atoms with van der Waals surface area (Å²) in [6.45, 7) is 1.33. The number of nitrogen functional groups attached to an aromatic ring is 1. The summed E-state index contributed by atoms with van der Waals surface area (Å²) in [4.78, 5) is 22.6. The fourth-order valence-corrected chi connectivity index (χ4v) is 4.01. The van der Waals surface area contributed by atoms with Crippen LogP contribution in [0.5, 0.6) is 5.75 Å². The minimum absolute atomic E-state index is 0.0697. The van der Waals surface area contributed by atoms with E-state index in [1.54, 1.807) is 11.7 Å². The molecule has 0 bridgehead atoms. The zero-order chi connectivity index (χ0) is 22.1. The molecule has 32 heavy (non-hydrogen) atoms. The minimum atomic E-state index is -0.513. The third-order valence-electron chi connectivity index (χ3n) is 5.72. The molecule has 2 aromatic heterocycles. The number of hydrogen-bond donors (Lipinski definition) is 1. The van der Waals surface area contributed by atoms with E-state index in [1.165, 1.54) is 0 Å². The summed E-state index contributed by atoms with van der Waals surface area (Å²) in [5.41, 5.74) is 10.1. The highest BCUT2D eigenvalue weighted by Crippen LogP contribution is 2.30. The van der Waals surface area contributed by atoms with E-state index < -0.39 is 5.97 Å². The maximum Gasteiger partial charge on any atom is 0.344 e. The van der Waals surface area contributed by atoms with E-state index >= 15 is 0 Å². The number of esters is 1. The molecule has 4 aromatic rings. The molecule has 8 heteroatoms. The van der Waals surface area contributed by atoms with Gasteiger partial charge in [0.25, 0.3) is 0 Å². The van der Waals surface area contributed by atoms with Crippen LogP contribution in [-0.4, -0.2) is 46.9 Å². The fourth-order valence-electron chi connectivity index (χ4n) is 4.01. The van der Waals surface area contributed by atoms with Crippen molar-refractivity contribution in [3.05, 3.63) is 59.7 Å². The van der Waals surface area contributed by atoms with Crippen molar-refractivity contribution >= 4 is 34.0 Å². The Labute approximate surface area is 184 Å². The molecule has 8 nitrogen and oxygen atoms in total. The number of anilines is 1. The lowest BCUT2D eigenvalue weighted by molar-refractivity contribution is 0.0163. The maximum atomic E-state index is 13.1. The van der Waals surface area contributed by atoms with Crippen LogP contribution in [0.4, 0.5) is 5.82 Å². The molecule has 2 N–H and O–H groups in total. The molecule has 1 aliphatic rings. The van der Waals surface area contributed by atoms with Gasteiger partial charge in [0.1, 0.15) is 29.3 Å². The first-order chi connectivity index (χ1) is 15.6. The number of nitrogens with two attached hydrogens (primary N) is 1. The van der Waals surface area contributed by atoms with Gasteiger partial charge in [0.2, 0.25) is 0 Å². The lowest BCUT2D eigenvalue weighted by atomic mass is 10.2. The minimum Gasteiger partial charge on any atom is -0.497 e. The van der Waals surface area contributed by atoms with Crippen LogP contribution in [0, 0.1) is 0 Å². The van der Waals surface area contributed by atoms with Gasteiger partial charge in [-0.3, -0.25) is 0 Å². The third-order valence-corrected chi connectivity index (χ3v) is 5.72. The Morgan fingerprint density at radius 2 is 1.91 bits per heavy atom. The molecule has 1 aliphatic heterocycles. The zero-order valence-electron chi connectivity index (χ0n) is 17.8. The van der Waals surface area contributed by atoms with E-state index in [0.29, 0.717) is 29.8 Å². The second-order valence-corrected chi connectivity index (χ2v) is 7.81. The molecule has 1 fully saturated rings. The zero-order valence-corrected chi connectivity index (χ0v) is 17.8. The molecule has 1 saturated heterocycles. The van der Waals surface area contributed by atoms with Gasteiger partial charge in [0.05, 0.1) is 30.8 Å². The van der Waals surface area contributed by atoms with E-state index in [4.69, 9.17) is 29.9 Å². The average Bonchev–Trinajstić information content (AvgIpc) is 3.43. The van der Waals surface area contributed by atoms with E-state index in [-0.39, 0.29) is 24.1 Å². The first-order valence-corrected chi connectivity index (χ1v) is 10.6. The van der Waals surface area contributed by atoms with E-state index in [9.17, 15) is 4.79 Å². The molecule has 1 unspecified atom stereocenters. The quantitative estimate of drug-likeness (QED) is 0.465. The van der Waals surface area contributed by atoms with Gasteiger partial charge in [-0.25, -0.2) is 14.8 Å². The van der Waals surface area contributed by atoms with Crippen molar-refractivity contribution in [3.63, 3.8) is 0 Å². The van der Waals surface area contributed by atoms with Gasteiger partial charge in [0, 0.05) is 6.61 Å². The Bertz CT molecular complexity index is 1280. The second kappa shape index (κ2) is 8.47. The van der Waals surface area contributed by atoms with Crippen LogP contribution in [0.25, 0.3) is 22.2 Å². The Balaban J connectivity index is 1.57. The van der Waals surface area contributed by atoms with Crippen LogP contribution in [0.1, 0.15) is 28.8 Å². The second-order valence-electron chi connectivity index (χ2n) is 7.81. The van der Waals surface area contributed by atoms with E-state index in [0.717, 1.165) is 29.7 Å². The number of methoxy groups -OCH3 is 1. The highest BCUT2D eigenvalue weighted by atomic mass is 16.6. The number of carbonyl (C=O) groups is 1. The summed E-state index contributed by atoms with van der Waals surface area (Å²) in [5, 5.41) is 0. The summed E-state index contributed by atoms with van der Waals surface area (Å²) in [6.07, 6.45) is 1.79. The van der Waals surface area contributed by atoms with Gasteiger partial charge in [-0.2, -0.15) is 0 Å². The number of para-hydroxylation sites is 2. The van der Waals surface area contributed by atoms with Crippen LogP contribution >= 0.6 is 0 Å². The molecular formula is C24H24N4O4. The van der Waals surface area contributed by atoms with Crippen LogP contribution in [-0.2, 0) is 16.0 Å². The smallest absolute Gasteiger partial charge is 0.344 e. The average molecular weight is 432 g/mol. The predicted molar refractivity (Wildman–Crippen MR) is 121 cm³/mol. The summed E-state index contributed by atoms with van der Waals surface area (Å²) in [7, 11) is 1.63. The molecule has 0 amide bonds. The Morgan fingerprint density at radius 1 is 1.16 bits per heavy atom. The number of aromatic nitrogens is 3. The normalized spacial score (nSPS) is 16.0. The Hall–Kier alpha value is -3.65. The van der Waals surface area contributed by atoms with Gasteiger partial charge in [-0.1, -0.05) is 24.3 Å². The highest BCUT2D eigenvalue weighted by molar-refractivity contribution is 6.08. The fraction of sp³-hybridized carbons (Fsp3) is 0.292.